The second kappa shape index (κ2) is 10.6. The summed E-state index contributed by atoms with van der Waals surface area (Å²) in [7, 11) is 0. The number of carbonyl (C=O) groups excluding carboxylic acids is 1. The number of hydrogen-bond donors (Lipinski definition) is 1. The zero-order valence-electron chi connectivity index (χ0n) is 26.3. The Bertz CT molecular complexity index is 2170. The molecule has 1 aliphatic heterocycles. The first kappa shape index (κ1) is 31.0. The van der Waals surface area contributed by atoms with Crippen LogP contribution in [0.5, 0.6) is 0 Å². The molecule has 3 nitrogen and oxygen atoms in total. The van der Waals surface area contributed by atoms with Gasteiger partial charge in [0.1, 0.15) is 0 Å². The molecule has 0 aromatic heterocycles. The van der Waals surface area contributed by atoms with Crippen molar-refractivity contribution in [1.29, 1.82) is 0 Å². The van der Waals surface area contributed by atoms with Gasteiger partial charge in [-0.05, 0) is 75.7 Å². The molecule has 5 aromatic carbocycles. The van der Waals surface area contributed by atoms with Crippen LogP contribution in [0.15, 0.2) is 84.9 Å². The minimum Gasteiger partial charge on any atom is -0.388 e. The van der Waals surface area contributed by atoms with Crippen molar-refractivity contribution in [2.24, 2.45) is 5.92 Å². The second-order valence-electron chi connectivity index (χ2n) is 13.9. The van der Waals surface area contributed by atoms with Crippen molar-refractivity contribution in [3.8, 4) is 11.1 Å². The zero-order valence-corrected chi connectivity index (χ0v) is 29.3. The lowest BCUT2D eigenvalue weighted by Gasteiger charge is -2.42. The Kier molecular flexibility index (Phi) is 6.98. The molecule has 0 saturated heterocycles. The number of carbonyl (C=O) groups is 1. The summed E-state index contributed by atoms with van der Waals surface area (Å²) in [5, 5.41) is 11.5. The number of rotatable bonds is 3. The highest BCUT2D eigenvalue weighted by Gasteiger charge is 2.45. The van der Waals surface area contributed by atoms with Gasteiger partial charge in [-0.1, -0.05) is 129 Å². The molecule has 7 heteroatoms. The van der Waals surface area contributed by atoms with Crippen molar-refractivity contribution >= 4 is 69.2 Å². The molecule has 0 saturated carbocycles. The fraction of sp³-hybridized carbons (Fsp3) is 0.225. The van der Waals surface area contributed by atoms with Crippen molar-refractivity contribution in [3.05, 3.63) is 144 Å². The van der Waals surface area contributed by atoms with E-state index in [1.807, 2.05) is 0 Å². The minimum atomic E-state index is -1.14. The maximum Gasteiger partial charge on any atom is 0.171 e. The molecule has 2 unspecified atom stereocenters. The number of fused-ring (bicyclic) bond motifs is 6. The largest absolute Gasteiger partial charge is 0.388 e. The molecular formula is C40H31Cl4NO2. The third-order valence-corrected chi connectivity index (χ3v) is 12.4. The summed E-state index contributed by atoms with van der Waals surface area (Å²) in [5.41, 5.74) is 11.7. The summed E-state index contributed by atoms with van der Waals surface area (Å²) in [6.45, 7) is 9.14. The number of para-hydroxylation sites is 2. The van der Waals surface area contributed by atoms with Crippen LogP contribution in [0.3, 0.4) is 0 Å². The monoisotopic (exact) mass is 697 g/mol. The molecule has 0 amide bonds. The topological polar surface area (TPSA) is 40.5 Å². The molecule has 47 heavy (non-hydrogen) atoms. The van der Waals surface area contributed by atoms with Crippen LogP contribution >= 0.6 is 46.4 Å². The summed E-state index contributed by atoms with van der Waals surface area (Å²) in [4.78, 5) is 16.0. The number of ketones is 1. The summed E-state index contributed by atoms with van der Waals surface area (Å²) >= 11 is 25.5. The van der Waals surface area contributed by atoms with Gasteiger partial charge in [0.15, 0.2) is 5.78 Å². The predicted molar refractivity (Wildman–Crippen MR) is 194 cm³/mol. The predicted octanol–water partition coefficient (Wildman–Crippen LogP) is 11.8. The fourth-order valence-corrected chi connectivity index (χ4v) is 9.18. The van der Waals surface area contributed by atoms with E-state index in [9.17, 15) is 9.90 Å². The Balaban J connectivity index is 1.22. The molecule has 0 radical (unpaired) electrons. The minimum absolute atomic E-state index is 0.0233. The average molecular weight is 700 g/mol. The van der Waals surface area contributed by atoms with Crippen LogP contribution < -0.4 is 4.90 Å². The first-order chi connectivity index (χ1) is 22.3. The van der Waals surface area contributed by atoms with E-state index in [1.165, 1.54) is 44.8 Å². The number of benzene rings is 5. The van der Waals surface area contributed by atoms with Gasteiger partial charge in [0.05, 0.1) is 43.5 Å². The summed E-state index contributed by atoms with van der Waals surface area (Å²) in [6, 6.07) is 30.4. The molecule has 1 N–H and O–H groups in total. The van der Waals surface area contributed by atoms with Crippen molar-refractivity contribution in [1.82, 2.24) is 0 Å². The van der Waals surface area contributed by atoms with E-state index in [-0.39, 0.29) is 47.8 Å². The number of nitrogens with zero attached hydrogens (tertiary/aromatic N) is 1. The molecule has 3 aliphatic rings. The highest BCUT2D eigenvalue weighted by atomic mass is 35.5. The lowest BCUT2D eigenvalue weighted by Crippen LogP contribution is -2.31. The van der Waals surface area contributed by atoms with Gasteiger partial charge >= 0.3 is 0 Å². The number of Topliss-reactive ketones (excluding diaryl/α,β-unsaturated/α-hetero) is 1. The first-order valence-electron chi connectivity index (χ1n) is 15.7. The quantitative estimate of drug-likeness (QED) is 0.151. The number of aliphatic hydroxyl groups excluding tert-OH is 1. The Morgan fingerprint density at radius 2 is 1.30 bits per heavy atom. The van der Waals surface area contributed by atoms with E-state index in [1.54, 1.807) is 0 Å². The molecule has 8 rings (SSSR count). The summed E-state index contributed by atoms with van der Waals surface area (Å²) in [6.07, 6.45) is -0.827. The third-order valence-electron chi connectivity index (χ3n) is 10.6. The van der Waals surface area contributed by atoms with Crippen molar-refractivity contribution in [2.45, 2.75) is 51.0 Å². The molecule has 1 heterocycles. The Labute approximate surface area is 294 Å². The van der Waals surface area contributed by atoms with Crippen LogP contribution in [0, 0.1) is 5.92 Å². The van der Waals surface area contributed by atoms with Gasteiger partial charge in [0.2, 0.25) is 0 Å². The number of halogens is 4. The van der Waals surface area contributed by atoms with E-state index >= 15 is 0 Å². The van der Waals surface area contributed by atoms with Crippen molar-refractivity contribution < 1.29 is 9.90 Å². The summed E-state index contributed by atoms with van der Waals surface area (Å²) < 4.78 is 0. The van der Waals surface area contributed by atoms with Gasteiger partial charge in [-0.3, -0.25) is 4.79 Å². The van der Waals surface area contributed by atoms with Crippen LogP contribution in [-0.2, 0) is 17.3 Å². The second-order valence-corrected chi connectivity index (χ2v) is 15.4. The van der Waals surface area contributed by atoms with Crippen LogP contribution in [-0.4, -0.2) is 10.9 Å². The average Bonchev–Trinajstić information content (AvgIpc) is 3.44. The highest BCUT2D eigenvalue weighted by Crippen LogP contribution is 2.58. The smallest absolute Gasteiger partial charge is 0.171 e. The van der Waals surface area contributed by atoms with Gasteiger partial charge in [0, 0.05) is 27.6 Å². The lowest BCUT2D eigenvalue weighted by atomic mass is 9.72. The maximum absolute atomic E-state index is 13.6. The van der Waals surface area contributed by atoms with Crippen LogP contribution in [0.4, 0.5) is 17.1 Å². The van der Waals surface area contributed by atoms with Crippen LogP contribution in [0.25, 0.3) is 11.1 Å². The SMILES string of the molecule is CC1(C)c2cc(CC3C(=O)c4c(Cl)c(Cl)c(Cl)c(Cl)c4C3O)ccc2-c2cc3c(cc21)N(c1ccccc1)c1ccccc1C3(C)C. The molecule has 0 fully saturated rings. The van der Waals surface area contributed by atoms with Gasteiger partial charge in [-0.25, -0.2) is 0 Å². The number of aliphatic hydroxyl groups is 1. The molecule has 0 bridgehead atoms. The van der Waals surface area contributed by atoms with Crippen molar-refractivity contribution in [2.75, 3.05) is 4.90 Å². The Morgan fingerprint density at radius 3 is 2.04 bits per heavy atom. The van der Waals surface area contributed by atoms with Gasteiger partial charge in [-0.15, -0.1) is 0 Å². The Hall–Kier alpha value is -3.31. The standard InChI is InChI=1S/C40H31Cl4NO2/c1-39(2)25-12-8-9-13-29(25)45(21-10-6-5-7-11-21)30-19-27-23(18-28(30)39)22-15-14-20(17-26(22)40(27,3)4)16-24-37(46)31-32(38(24)47)34(42)36(44)35(43)33(31)41/h5-15,17-19,24,37,46H,16H2,1-4H3. The fourth-order valence-electron chi connectivity index (χ4n) is 8.11. The van der Waals surface area contributed by atoms with E-state index in [0.717, 1.165) is 11.3 Å². The maximum atomic E-state index is 13.6. The lowest BCUT2D eigenvalue weighted by molar-refractivity contribution is 0.0757. The molecular weight excluding hydrogens is 668 g/mol. The normalized spacial score (nSPS) is 19.6. The number of anilines is 3. The molecule has 0 spiro atoms. The van der Waals surface area contributed by atoms with E-state index < -0.39 is 12.0 Å². The van der Waals surface area contributed by atoms with Crippen LogP contribution in [0.1, 0.15) is 77.5 Å². The molecule has 2 aliphatic carbocycles. The highest BCUT2D eigenvalue weighted by molar-refractivity contribution is 6.53. The molecule has 5 aromatic rings. The van der Waals surface area contributed by atoms with Gasteiger partial charge in [0.25, 0.3) is 0 Å². The Morgan fingerprint density at radius 1 is 0.660 bits per heavy atom. The molecule has 236 valence electrons. The van der Waals surface area contributed by atoms with Crippen LogP contribution in [0.2, 0.25) is 20.1 Å². The van der Waals surface area contributed by atoms with E-state index in [0.29, 0.717) is 6.42 Å². The van der Waals surface area contributed by atoms with E-state index in [4.69, 9.17) is 46.4 Å². The third kappa shape index (κ3) is 4.27. The van der Waals surface area contributed by atoms with Gasteiger partial charge in [-0.2, -0.15) is 0 Å². The molecule has 2 atom stereocenters. The van der Waals surface area contributed by atoms with E-state index in [2.05, 4.69) is 118 Å². The van der Waals surface area contributed by atoms with Crippen molar-refractivity contribution in [3.63, 3.8) is 0 Å². The first-order valence-corrected chi connectivity index (χ1v) is 17.2. The van der Waals surface area contributed by atoms with Gasteiger partial charge < -0.3 is 10.0 Å². The number of hydrogen-bond acceptors (Lipinski definition) is 3. The zero-order chi connectivity index (χ0) is 33.2. The summed E-state index contributed by atoms with van der Waals surface area (Å²) in [5.74, 6) is -1.04.